The predicted molar refractivity (Wildman–Crippen MR) is 116 cm³/mol. The minimum Gasteiger partial charge on any atom is -0.507 e. The number of aromatic hydroxyl groups is 2. The third kappa shape index (κ3) is 5.06. The van der Waals surface area contributed by atoms with Crippen molar-refractivity contribution in [1.29, 1.82) is 0 Å². The second-order valence-electron chi connectivity index (χ2n) is 8.83. The molecular formula is C25H36O2. The Bertz CT molecular complexity index is 749. The van der Waals surface area contributed by atoms with E-state index >= 15 is 0 Å². The molecule has 0 saturated heterocycles. The highest BCUT2D eigenvalue weighted by Gasteiger charge is 2.24. The lowest BCUT2D eigenvalue weighted by molar-refractivity contribution is 0.425. The van der Waals surface area contributed by atoms with E-state index in [9.17, 15) is 10.2 Å². The summed E-state index contributed by atoms with van der Waals surface area (Å²) in [6.45, 7) is 12.9. The standard InChI is InChI=1S/C25H36O2/c1-7-8-9-10-13-25(5,6)19-15-22(26)24(23(27)16-19)21-14-18(4)11-12-20(21)17(2)3/h11-12,14-17,26-27H,7-10,13H2,1-6H3. The van der Waals surface area contributed by atoms with Crippen molar-refractivity contribution in [2.45, 2.75) is 85.0 Å². The van der Waals surface area contributed by atoms with Crippen LogP contribution in [-0.2, 0) is 5.41 Å². The molecule has 0 fully saturated rings. The molecule has 27 heavy (non-hydrogen) atoms. The Labute approximate surface area is 165 Å². The normalized spacial score (nSPS) is 12.0. The van der Waals surface area contributed by atoms with E-state index in [2.05, 4.69) is 52.8 Å². The molecule has 2 aromatic carbocycles. The zero-order chi connectivity index (χ0) is 20.2. The lowest BCUT2D eigenvalue weighted by Gasteiger charge is -2.27. The molecule has 0 unspecified atom stereocenters. The molecule has 0 amide bonds. The van der Waals surface area contributed by atoms with Crippen molar-refractivity contribution >= 4 is 0 Å². The van der Waals surface area contributed by atoms with Crippen molar-refractivity contribution in [1.82, 2.24) is 0 Å². The first-order chi connectivity index (χ1) is 12.7. The molecule has 0 aliphatic heterocycles. The second kappa shape index (κ2) is 8.82. The van der Waals surface area contributed by atoms with Crippen LogP contribution < -0.4 is 0 Å². The van der Waals surface area contributed by atoms with Crippen LogP contribution >= 0.6 is 0 Å². The fourth-order valence-corrected chi connectivity index (χ4v) is 3.81. The van der Waals surface area contributed by atoms with E-state index in [-0.39, 0.29) is 16.9 Å². The fourth-order valence-electron chi connectivity index (χ4n) is 3.81. The molecule has 2 N–H and O–H groups in total. The van der Waals surface area contributed by atoms with Gasteiger partial charge in [0.25, 0.3) is 0 Å². The first kappa shape index (κ1) is 21.3. The van der Waals surface area contributed by atoms with Gasteiger partial charge in [0.05, 0.1) is 5.56 Å². The van der Waals surface area contributed by atoms with Crippen LogP contribution in [0.2, 0.25) is 0 Å². The minimum atomic E-state index is -0.0747. The van der Waals surface area contributed by atoms with E-state index in [0.717, 1.165) is 28.7 Å². The lowest BCUT2D eigenvalue weighted by atomic mass is 9.78. The molecule has 0 radical (unpaired) electrons. The zero-order valence-electron chi connectivity index (χ0n) is 17.9. The van der Waals surface area contributed by atoms with Gasteiger partial charge in [0.1, 0.15) is 11.5 Å². The van der Waals surface area contributed by atoms with Crippen molar-refractivity contribution < 1.29 is 10.2 Å². The molecule has 2 rings (SSSR count). The van der Waals surface area contributed by atoms with Crippen LogP contribution in [0.25, 0.3) is 11.1 Å². The molecule has 0 spiro atoms. The van der Waals surface area contributed by atoms with E-state index < -0.39 is 0 Å². The van der Waals surface area contributed by atoms with E-state index in [1.165, 1.54) is 25.7 Å². The maximum atomic E-state index is 10.8. The summed E-state index contributed by atoms with van der Waals surface area (Å²) in [6.07, 6.45) is 5.94. The summed E-state index contributed by atoms with van der Waals surface area (Å²) >= 11 is 0. The van der Waals surface area contributed by atoms with Gasteiger partial charge < -0.3 is 10.2 Å². The zero-order valence-corrected chi connectivity index (χ0v) is 17.9. The second-order valence-corrected chi connectivity index (χ2v) is 8.83. The molecule has 0 aliphatic rings. The number of benzene rings is 2. The van der Waals surface area contributed by atoms with Crippen LogP contribution in [-0.4, -0.2) is 10.2 Å². The number of phenols is 2. The third-order valence-electron chi connectivity index (χ3n) is 5.63. The lowest BCUT2D eigenvalue weighted by Crippen LogP contribution is -2.17. The monoisotopic (exact) mass is 368 g/mol. The van der Waals surface area contributed by atoms with Gasteiger partial charge in [-0.1, -0.05) is 84.1 Å². The van der Waals surface area contributed by atoms with Gasteiger partial charge in [0.2, 0.25) is 0 Å². The molecule has 0 aliphatic carbocycles. The maximum absolute atomic E-state index is 10.8. The van der Waals surface area contributed by atoms with E-state index in [1.54, 1.807) is 0 Å². The van der Waals surface area contributed by atoms with Crippen LogP contribution in [0, 0.1) is 6.92 Å². The van der Waals surface area contributed by atoms with Crippen molar-refractivity contribution in [2.24, 2.45) is 0 Å². The molecule has 0 saturated carbocycles. The Morgan fingerprint density at radius 1 is 0.926 bits per heavy atom. The number of phenolic OH excluding ortho intramolecular Hbond substituents is 2. The SMILES string of the molecule is CCCCCCC(C)(C)c1cc(O)c(-c2cc(C)ccc2C(C)C)c(O)c1. The summed E-state index contributed by atoms with van der Waals surface area (Å²) in [6, 6.07) is 9.93. The third-order valence-corrected chi connectivity index (χ3v) is 5.63. The number of aryl methyl sites for hydroxylation is 1. The van der Waals surface area contributed by atoms with Crippen LogP contribution in [0.4, 0.5) is 0 Å². The Hall–Kier alpha value is -1.96. The average Bonchev–Trinajstić information content (AvgIpc) is 2.58. The average molecular weight is 369 g/mol. The Morgan fingerprint density at radius 2 is 1.56 bits per heavy atom. The number of hydrogen-bond acceptors (Lipinski definition) is 2. The van der Waals surface area contributed by atoms with Gasteiger partial charge in [-0.3, -0.25) is 0 Å². The molecular weight excluding hydrogens is 332 g/mol. The van der Waals surface area contributed by atoms with Crippen molar-refractivity contribution in [3.8, 4) is 22.6 Å². The summed E-state index contributed by atoms with van der Waals surface area (Å²) in [5.41, 5.74) is 4.65. The Morgan fingerprint density at radius 3 is 2.11 bits per heavy atom. The van der Waals surface area contributed by atoms with Crippen LogP contribution in [0.15, 0.2) is 30.3 Å². The molecule has 2 aromatic rings. The van der Waals surface area contributed by atoms with Crippen molar-refractivity contribution in [2.75, 3.05) is 0 Å². The first-order valence-corrected chi connectivity index (χ1v) is 10.3. The summed E-state index contributed by atoms with van der Waals surface area (Å²) < 4.78 is 0. The van der Waals surface area contributed by atoms with E-state index in [1.807, 2.05) is 19.1 Å². The summed E-state index contributed by atoms with van der Waals surface area (Å²) in [5.74, 6) is 0.646. The van der Waals surface area contributed by atoms with Gasteiger partial charge in [-0.2, -0.15) is 0 Å². The van der Waals surface area contributed by atoms with Gasteiger partial charge in [-0.15, -0.1) is 0 Å². The van der Waals surface area contributed by atoms with E-state index in [0.29, 0.717) is 11.5 Å². The summed E-state index contributed by atoms with van der Waals surface area (Å²) in [7, 11) is 0. The highest BCUT2D eigenvalue weighted by atomic mass is 16.3. The van der Waals surface area contributed by atoms with Gasteiger partial charge in [-0.05, 0) is 53.5 Å². The van der Waals surface area contributed by atoms with Gasteiger partial charge in [0.15, 0.2) is 0 Å². The predicted octanol–water partition coefficient (Wildman–Crippen LogP) is 7.44. The smallest absolute Gasteiger partial charge is 0.127 e. The molecule has 2 nitrogen and oxygen atoms in total. The molecule has 0 aromatic heterocycles. The van der Waals surface area contributed by atoms with E-state index in [4.69, 9.17) is 0 Å². The number of unbranched alkanes of at least 4 members (excludes halogenated alkanes) is 3. The number of rotatable bonds is 8. The molecule has 0 heterocycles. The highest BCUT2D eigenvalue weighted by molar-refractivity contribution is 5.80. The summed E-state index contributed by atoms with van der Waals surface area (Å²) in [4.78, 5) is 0. The van der Waals surface area contributed by atoms with Crippen LogP contribution in [0.5, 0.6) is 11.5 Å². The van der Waals surface area contributed by atoms with Crippen LogP contribution in [0.1, 0.15) is 89.3 Å². The molecule has 148 valence electrons. The fraction of sp³-hybridized carbons (Fsp3) is 0.520. The maximum Gasteiger partial charge on any atom is 0.127 e. The Kier molecular flexibility index (Phi) is 6.97. The van der Waals surface area contributed by atoms with Crippen LogP contribution in [0.3, 0.4) is 0 Å². The minimum absolute atomic E-state index is 0.0747. The Balaban J connectivity index is 2.42. The summed E-state index contributed by atoms with van der Waals surface area (Å²) in [5, 5.41) is 21.7. The molecule has 0 atom stereocenters. The topological polar surface area (TPSA) is 40.5 Å². The molecule has 2 heteroatoms. The van der Waals surface area contributed by atoms with Crippen molar-refractivity contribution in [3.63, 3.8) is 0 Å². The van der Waals surface area contributed by atoms with Gasteiger partial charge in [-0.25, -0.2) is 0 Å². The number of hydrogen-bond donors (Lipinski definition) is 2. The van der Waals surface area contributed by atoms with Gasteiger partial charge >= 0.3 is 0 Å². The largest absolute Gasteiger partial charge is 0.507 e. The quantitative estimate of drug-likeness (QED) is 0.475. The van der Waals surface area contributed by atoms with Gasteiger partial charge in [0, 0.05) is 0 Å². The highest BCUT2D eigenvalue weighted by Crippen LogP contribution is 2.44. The van der Waals surface area contributed by atoms with Crippen molar-refractivity contribution in [3.05, 3.63) is 47.0 Å². The first-order valence-electron chi connectivity index (χ1n) is 10.3. The molecule has 0 bridgehead atoms.